The van der Waals surface area contributed by atoms with E-state index in [0.717, 1.165) is 34.8 Å². The van der Waals surface area contributed by atoms with Crippen molar-refractivity contribution >= 4 is 11.3 Å². The third kappa shape index (κ3) is 1.54. The van der Waals surface area contributed by atoms with Crippen molar-refractivity contribution < 1.29 is 5.11 Å². The molecule has 16 heavy (non-hydrogen) atoms. The predicted octanol–water partition coefficient (Wildman–Crippen LogP) is 2.49. The molecule has 0 amide bonds. The van der Waals surface area contributed by atoms with Gasteiger partial charge in [-0.25, -0.2) is 9.97 Å². The van der Waals surface area contributed by atoms with Crippen molar-refractivity contribution in [3.63, 3.8) is 0 Å². The fourth-order valence-corrected chi connectivity index (χ4v) is 2.43. The molecule has 3 rings (SSSR count). The molecule has 0 aliphatic heterocycles. The first kappa shape index (κ1) is 9.93. The lowest BCUT2D eigenvalue weighted by molar-refractivity contribution is 0.146. The molecule has 1 aliphatic carbocycles. The van der Waals surface area contributed by atoms with Crippen LogP contribution in [-0.4, -0.2) is 15.1 Å². The molecule has 2 heterocycles. The highest BCUT2D eigenvalue weighted by Crippen LogP contribution is 2.45. The van der Waals surface area contributed by atoms with Crippen LogP contribution in [0.25, 0.3) is 10.7 Å². The zero-order valence-corrected chi connectivity index (χ0v) is 9.79. The average Bonchev–Trinajstić information content (AvgIpc) is 2.83. The van der Waals surface area contributed by atoms with E-state index in [4.69, 9.17) is 0 Å². The summed E-state index contributed by atoms with van der Waals surface area (Å²) in [5.74, 6) is 0. The van der Waals surface area contributed by atoms with Gasteiger partial charge in [0.1, 0.15) is 10.6 Å². The molecule has 2 aromatic rings. The fraction of sp³-hybridized carbons (Fsp3) is 0.333. The molecular formula is C12H12N2OS. The maximum atomic E-state index is 10.1. The van der Waals surface area contributed by atoms with E-state index in [1.165, 1.54) is 0 Å². The normalized spacial score (nSPS) is 17.4. The Bertz CT molecular complexity index is 518. The van der Waals surface area contributed by atoms with Gasteiger partial charge in [-0.1, -0.05) is 6.07 Å². The zero-order chi connectivity index (χ0) is 11.2. The van der Waals surface area contributed by atoms with Crippen LogP contribution in [-0.2, 0) is 5.60 Å². The summed E-state index contributed by atoms with van der Waals surface area (Å²) in [5.41, 5.74) is 2.06. The van der Waals surface area contributed by atoms with E-state index < -0.39 is 5.60 Å². The number of aromatic nitrogens is 2. The maximum absolute atomic E-state index is 10.1. The van der Waals surface area contributed by atoms with Crippen molar-refractivity contribution in [3.05, 3.63) is 35.0 Å². The van der Waals surface area contributed by atoms with Crippen molar-refractivity contribution in [1.29, 1.82) is 0 Å². The molecule has 1 fully saturated rings. The maximum Gasteiger partial charge on any atom is 0.141 e. The third-order valence-corrected chi connectivity index (χ3v) is 3.71. The first-order chi connectivity index (χ1) is 7.69. The fourth-order valence-electron chi connectivity index (χ4n) is 1.82. The summed E-state index contributed by atoms with van der Waals surface area (Å²) in [7, 11) is 0. The first-order valence-corrected chi connectivity index (χ1v) is 6.17. The number of hydrogen-bond donors (Lipinski definition) is 1. The average molecular weight is 232 g/mol. The van der Waals surface area contributed by atoms with Crippen molar-refractivity contribution in [2.24, 2.45) is 0 Å². The Hall–Kier alpha value is -1.26. The largest absolute Gasteiger partial charge is 0.384 e. The van der Waals surface area contributed by atoms with Crippen molar-refractivity contribution in [3.8, 4) is 10.7 Å². The van der Waals surface area contributed by atoms with Gasteiger partial charge in [0.15, 0.2) is 0 Å². The van der Waals surface area contributed by atoms with E-state index in [0.29, 0.717) is 0 Å². The highest BCUT2D eigenvalue weighted by Gasteiger charge is 2.44. The van der Waals surface area contributed by atoms with Crippen LogP contribution in [0.5, 0.6) is 0 Å². The van der Waals surface area contributed by atoms with Crippen LogP contribution in [0.3, 0.4) is 0 Å². The van der Waals surface area contributed by atoms with Gasteiger partial charge >= 0.3 is 0 Å². The summed E-state index contributed by atoms with van der Waals surface area (Å²) in [6.45, 7) is 1.99. The summed E-state index contributed by atoms with van der Waals surface area (Å²) in [4.78, 5) is 8.78. The molecular weight excluding hydrogens is 220 g/mol. The summed E-state index contributed by atoms with van der Waals surface area (Å²) in [6.07, 6.45) is 3.41. The molecule has 2 aromatic heterocycles. The molecule has 0 saturated heterocycles. The molecule has 0 aromatic carbocycles. The van der Waals surface area contributed by atoms with E-state index in [2.05, 4.69) is 9.97 Å². The smallest absolute Gasteiger partial charge is 0.141 e. The molecule has 0 bridgehead atoms. The number of pyridine rings is 1. The van der Waals surface area contributed by atoms with Crippen LogP contribution in [0.1, 0.15) is 24.1 Å². The minimum absolute atomic E-state index is 0.669. The second-order valence-corrected chi connectivity index (χ2v) is 5.13. The van der Waals surface area contributed by atoms with E-state index in [1.807, 2.05) is 24.4 Å². The minimum Gasteiger partial charge on any atom is -0.384 e. The standard InChI is InChI=1S/C12H12N2OS/c1-8-2-3-9(11-13-6-7-16-11)14-10(8)12(15)4-5-12/h2-3,6-7,15H,4-5H2,1H3. The lowest BCUT2D eigenvalue weighted by atomic mass is 10.1. The molecule has 1 aliphatic rings. The number of aliphatic hydroxyl groups is 1. The van der Waals surface area contributed by atoms with Gasteiger partial charge in [-0.2, -0.15) is 0 Å². The number of nitrogens with zero attached hydrogens (tertiary/aromatic N) is 2. The Kier molecular flexibility index (Phi) is 2.09. The lowest BCUT2D eigenvalue weighted by Gasteiger charge is -2.11. The molecule has 1 saturated carbocycles. The van der Waals surface area contributed by atoms with Gasteiger partial charge < -0.3 is 5.11 Å². The van der Waals surface area contributed by atoms with E-state index >= 15 is 0 Å². The molecule has 0 unspecified atom stereocenters. The number of rotatable bonds is 2. The first-order valence-electron chi connectivity index (χ1n) is 5.29. The van der Waals surface area contributed by atoms with E-state index in [1.54, 1.807) is 17.5 Å². The van der Waals surface area contributed by atoms with Crippen molar-refractivity contribution in [1.82, 2.24) is 9.97 Å². The zero-order valence-electron chi connectivity index (χ0n) is 8.97. The van der Waals surface area contributed by atoms with E-state index in [-0.39, 0.29) is 0 Å². The molecule has 4 heteroatoms. The highest BCUT2D eigenvalue weighted by molar-refractivity contribution is 7.13. The van der Waals surface area contributed by atoms with Crippen LogP contribution < -0.4 is 0 Å². The van der Waals surface area contributed by atoms with E-state index in [9.17, 15) is 5.11 Å². The second-order valence-electron chi connectivity index (χ2n) is 4.23. The summed E-state index contributed by atoms with van der Waals surface area (Å²) in [6, 6.07) is 3.97. The summed E-state index contributed by atoms with van der Waals surface area (Å²) >= 11 is 1.57. The van der Waals surface area contributed by atoms with Gasteiger partial charge in [0.05, 0.1) is 11.4 Å². The molecule has 82 valence electrons. The van der Waals surface area contributed by atoms with Gasteiger partial charge in [-0.05, 0) is 31.4 Å². The second kappa shape index (κ2) is 3.37. The Labute approximate surface area is 97.8 Å². The summed E-state index contributed by atoms with van der Waals surface area (Å²) < 4.78 is 0. The Morgan fingerprint density at radius 3 is 2.81 bits per heavy atom. The number of thiazole rings is 1. The van der Waals surface area contributed by atoms with Gasteiger partial charge in [-0.15, -0.1) is 11.3 Å². The van der Waals surface area contributed by atoms with Crippen LogP contribution in [0, 0.1) is 6.92 Å². The van der Waals surface area contributed by atoms with Crippen molar-refractivity contribution in [2.75, 3.05) is 0 Å². The number of aryl methyl sites for hydroxylation is 1. The SMILES string of the molecule is Cc1ccc(-c2nccs2)nc1C1(O)CC1. The minimum atomic E-state index is -0.669. The van der Waals surface area contributed by atoms with Crippen molar-refractivity contribution in [2.45, 2.75) is 25.4 Å². The topological polar surface area (TPSA) is 46.0 Å². The summed E-state index contributed by atoms with van der Waals surface area (Å²) in [5, 5.41) is 13.0. The van der Waals surface area contributed by atoms with Gasteiger partial charge in [0.25, 0.3) is 0 Å². The highest BCUT2D eigenvalue weighted by atomic mass is 32.1. The third-order valence-electron chi connectivity index (χ3n) is 2.91. The van der Waals surface area contributed by atoms with Gasteiger partial charge in [0, 0.05) is 11.6 Å². The lowest BCUT2D eigenvalue weighted by Crippen LogP contribution is -2.10. The Morgan fingerprint density at radius 2 is 2.19 bits per heavy atom. The predicted molar refractivity (Wildman–Crippen MR) is 63.2 cm³/mol. The van der Waals surface area contributed by atoms with Crippen LogP contribution in [0.2, 0.25) is 0 Å². The van der Waals surface area contributed by atoms with Crippen LogP contribution >= 0.6 is 11.3 Å². The van der Waals surface area contributed by atoms with Gasteiger partial charge in [-0.3, -0.25) is 0 Å². The quantitative estimate of drug-likeness (QED) is 0.865. The monoisotopic (exact) mass is 232 g/mol. The molecule has 1 N–H and O–H groups in total. The molecule has 0 atom stereocenters. The van der Waals surface area contributed by atoms with Crippen LogP contribution in [0.15, 0.2) is 23.7 Å². The van der Waals surface area contributed by atoms with Gasteiger partial charge in [0.2, 0.25) is 0 Å². The number of hydrogen-bond acceptors (Lipinski definition) is 4. The Morgan fingerprint density at radius 1 is 1.38 bits per heavy atom. The Balaban J connectivity index is 2.09. The molecule has 3 nitrogen and oxygen atoms in total. The molecule has 0 radical (unpaired) electrons. The molecule has 0 spiro atoms. The van der Waals surface area contributed by atoms with Crippen LogP contribution in [0.4, 0.5) is 0 Å².